The predicted molar refractivity (Wildman–Crippen MR) is 58.6 cm³/mol. The van der Waals surface area contributed by atoms with E-state index in [-0.39, 0.29) is 6.03 Å². The zero-order chi connectivity index (χ0) is 11.1. The number of carbonyl (C=O) groups is 1. The van der Waals surface area contributed by atoms with Crippen molar-refractivity contribution in [2.45, 2.75) is 33.2 Å². The average molecular weight is 210 g/mol. The summed E-state index contributed by atoms with van der Waals surface area (Å²) in [5.41, 5.74) is 0. The van der Waals surface area contributed by atoms with Gasteiger partial charge in [-0.2, -0.15) is 0 Å². The maximum absolute atomic E-state index is 11.2. The number of carbonyl (C=O) groups excluding carboxylic acids is 1. The fraction of sp³-hybridized carbons (Fsp3) is 0.545. The Morgan fingerprint density at radius 3 is 2.80 bits per heavy atom. The van der Waals surface area contributed by atoms with Crippen LogP contribution in [0.25, 0.3) is 0 Å². The molecule has 4 nitrogen and oxygen atoms in total. The maximum Gasteiger partial charge on any atom is 0.315 e. The minimum atomic E-state index is -0.141. The third-order valence-corrected chi connectivity index (χ3v) is 2.04. The average Bonchev–Trinajstić information content (AvgIpc) is 2.62. The summed E-state index contributed by atoms with van der Waals surface area (Å²) < 4.78 is 5.32. The number of hydrogen-bond acceptors (Lipinski definition) is 2. The summed E-state index contributed by atoms with van der Waals surface area (Å²) in [6.45, 7) is 5.13. The summed E-state index contributed by atoms with van der Waals surface area (Å²) in [6.07, 6.45) is 2.09. The van der Waals surface area contributed by atoms with Crippen molar-refractivity contribution in [2.75, 3.05) is 6.54 Å². The highest BCUT2D eigenvalue weighted by Gasteiger charge is 2.01. The number of hydrogen-bond donors (Lipinski definition) is 2. The minimum absolute atomic E-state index is 0.141. The molecule has 0 aliphatic carbocycles. The van der Waals surface area contributed by atoms with Crippen molar-refractivity contribution in [3.63, 3.8) is 0 Å². The van der Waals surface area contributed by atoms with Crippen molar-refractivity contribution in [1.29, 1.82) is 0 Å². The molecule has 2 amide bonds. The highest BCUT2D eigenvalue weighted by Crippen LogP contribution is 2.04. The molecule has 0 saturated carbocycles. The van der Waals surface area contributed by atoms with E-state index >= 15 is 0 Å². The Labute approximate surface area is 90.0 Å². The van der Waals surface area contributed by atoms with Crippen LogP contribution in [0.4, 0.5) is 4.79 Å². The van der Waals surface area contributed by atoms with Crippen molar-refractivity contribution in [3.05, 3.63) is 23.7 Å². The highest BCUT2D eigenvalue weighted by atomic mass is 16.3. The normalized spacial score (nSPS) is 10.0. The third kappa shape index (κ3) is 4.54. The number of amides is 2. The first kappa shape index (κ1) is 11.6. The van der Waals surface area contributed by atoms with Crippen molar-refractivity contribution >= 4 is 6.03 Å². The van der Waals surface area contributed by atoms with Crippen LogP contribution >= 0.6 is 0 Å². The lowest BCUT2D eigenvalue weighted by Gasteiger charge is -2.05. The standard InChI is InChI=1S/C11H18N2O2/c1-3-4-7-12-11(14)13-8-10-6-5-9(2)15-10/h5-6H,3-4,7-8H2,1-2H3,(H2,12,13,14). The van der Waals surface area contributed by atoms with Crippen LogP contribution in [0.5, 0.6) is 0 Å². The van der Waals surface area contributed by atoms with Gasteiger partial charge in [-0.15, -0.1) is 0 Å². The predicted octanol–water partition coefficient (Wildman–Crippen LogP) is 2.19. The van der Waals surface area contributed by atoms with Gasteiger partial charge in [0.1, 0.15) is 11.5 Å². The zero-order valence-corrected chi connectivity index (χ0v) is 9.30. The van der Waals surface area contributed by atoms with Crippen LogP contribution in [0.2, 0.25) is 0 Å². The van der Waals surface area contributed by atoms with Crippen molar-refractivity contribution in [2.24, 2.45) is 0 Å². The number of urea groups is 1. The number of nitrogens with one attached hydrogen (secondary N) is 2. The number of furan rings is 1. The van der Waals surface area contributed by atoms with E-state index in [1.54, 1.807) is 0 Å². The number of rotatable bonds is 5. The van der Waals surface area contributed by atoms with Crippen LogP contribution in [0.1, 0.15) is 31.3 Å². The maximum atomic E-state index is 11.2. The van der Waals surface area contributed by atoms with E-state index in [1.165, 1.54) is 0 Å². The molecule has 4 heteroatoms. The van der Waals surface area contributed by atoms with E-state index in [0.29, 0.717) is 6.54 Å². The van der Waals surface area contributed by atoms with Gasteiger partial charge < -0.3 is 15.1 Å². The molecule has 0 aromatic carbocycles. The molecule has 0 atom stereocenters. The second-order valence-corrected chi connectivity index (χ2v) is 3.48. The quantitative estimate of drug-likeness (QED) is 0.732. The molecule has 15 heavy (non-hydrogen) atoms. The number of aryl methyl sites for hydroxylation is 1. The molecule has 0 bridgehead atoms. The van der Waals surface area contributed by atoms with Gasteiger partial charge in [-0.1, -0.05) is 13.3 Å². The Kier molecular flexibility index (Phi) is 4.74. The van der Waals surface area contributed by atoms with Crippen LogP contribution in [0, 0.1) is 6.92 Å². The molecule has 0 aliphatic rings. The second kappa shape index (κ2) is 6.11. The molecule has 2 N–H and O–H groups in total. The Hall–Kier alpha value is -1.45. The molecule has 0 aliphatic heterocycles. The Morgan fingerprint density at radius 1 is 1.40 bits per heavy atom. The molecule has 0 saturated heterocycles. The molecule has 84 valence electrons. The van der Waals surface area contributed by atoms with E-state index in [2.05, 4.69) is 17.6 Å². The van der Waals surface area contributed by atoms with Gasteiger partial charge in [0.25, 0.3) is 0 Å². The Morgan fingerprint density at radius 2 is 2.20 bits per heavy atom. The first-order valence-corrected chi connectivity index (χ1v) is 5.29. The molecule has 0 radical (unpaired) electrons. The van der Waals surface area contributed by atoms with Gasteiger partial charge in [0.05, 0.1) is 6.54 Å². The molecule has 1 aromatic heterocycles. The van der Waals surface area contributed by atoms with Crippen molar-refractivity contribution < 1.29 is 9.21 Å². The fourth-order valence-corrected chi connectivity index (χ4v) is 1.19. The van der Waals surface area contributed by atoms with E-state index in [1.807, 2.05) is 19.1 Å². The van der Waals surface area contributed by atoms with Gasteiger partial charge in [0.15, 0.2) is 0 Å². The lowest BCUT2D eigenvalue weighted by molar-refractivity contribution is 0.239. The monoisotopic (exact) mass is 210 g/mol. The lowest BCUT2D eigenvalue weighted by Crippen LogP contribution is -2.35. The topological polar surface area (TPSA) is 54.3 Å². The first-order chi connectivity index (χ1) is 7.22. The Bertz CT molecular complexity index is 307. The van der Waals surface area contributed by atoms with Gasteiger partial charge in [-0.05, 0) is 25.5 Å². The summed E-state index contributed by atoms with van der Waals surface area (Å²) >= 11 is 0. The molecule has 0 fully saturated rings. The fourth-order valence-electron chi connectivity index (χ4n) is 1.19. The smallest absolute Gasteiger partial charge is 0.315 e. The molecular formula is C11H18N2O2. The van der Waals surface area contributed by atoms with Gasteiger partial charge in [-0.3, -0.25) is 0 Å². The summed E-state index contributed by atoms with van der Waals surface area (Å²) in [5, 5.41) is 5.50. The summed E-state index contributed by atoms with van der Waals surface area (Å²) in [7, 11) is 0. The third-order valence-electron chi connectivity index (χ3n) is 2.04. The van der Waals surface area contributed by atoms with Gasteiger partial charge in [-0.25, -0.2) is 4.79 Å². The highest BCUT2D eigenvalue weighted by molar-refractivity contribution is 5.73. The number of unbranched alkanes of at least 4 members (excludes halogenated alkanes) is 1. The zero-order valence-electron chi connectivity index (χ0n) is 9.30. The lowest BCUT2D eigenvalue weighted by atomic mass is 10.3. The first-order valence-electron chi connectivity index (χ1n) is 5.29. The van der Waals surface area contributed by atoms with Crippen LogP contribution in [0.15, 0.2) is 16.5 Å². The van der Waals surface area contributed by atoms with Crippen LogP contribution in [-0.4, -0.2) is 12.6 Å². The van der Waals surface area contributed by atoms with Crippen LogP contribution in [-0.2, 0) is 6.54 Å². The van der Waals surface area contributed by atoms with Gasteiger partial charge >= 0.3 is 6.03 Å². The molecule has 0 spiro atoms. The summed E-state index contributed by atoms with van der Waals surface area (Å²) in [6, 6.07) is 3.60. The van der Waals surface area contributed by atoms with Crippen molar-refractivity contribution in [1.82, 2.24) is 10.6 Å². The molecule has 1 heterocycles. The summed E-state index contributed by atoms with van der Waals surface area (Å²) in [4.78, 5) is 11.2. The largest absolute Gasteiger partial charge is 0.465 e. The van der Waals surface area contributed by atoms with E-state index in [9.17, 15) is 4.79 Å². The Balaban J connectivity index is 2.16. The SMILES string of the molecule is CCCCNC(=O)NCc1ccc(C)o1. The van der Waals surface area contributed by atoms with E-state index < -0.39 is 0 Å². The van der Waals surface area contributed by atoms with Gasteiger partial charge in [0.2, 0.25) is 0 Å². The van der Waals surface area contributed by atoms with Gasteiger partial charge in [0, 0.05) is 6.54 Å². The summed E-state index contributed by atoms with van der Waals surface area (Å²) in [5.74, 6) is 1.64. The van der Waals surface area contributed by atoms with E-state index in [0.717, 1.165) is 30.9 Å². The molecule has 1 aromatic rings. The minimum Gasteiger partial charge on any atom is -0.465 e. The molecule has 0 unspecified atom stereocenters. The van der Waals surface area contributed by atoms with Crippen LogP contribution < -0.4 is 10.6 Å². The van der Waals surface area contributed by atoms with Crippen molar-refractivity contribution in [3.8, 4) is 0 Å². The second-order valence-electron chi connectivity index (χ2n) is 3.48. The molecular weight excluding hydrogens is 192 g/mol. The molecule has 1 rings (SSSR count). The van der Waals surface area contributed by atoms with Crippen LogP contribution in [0.3, 0.4) is 0 Å². The van der Waals surface area contributed by atoms with E-state index in [4.69, 9.17) is 4.42 Å².